The fourth-order valence-corrected chi connectivity index (χ4v) is 3.02. The van der Waals surface area contributed by atoms with Crippen molar-refractivity contribution >= 4 is 34.1 Å². The summed E-state index contributed by atoms with van der Waals surface area (Å²) >= 11 is 0. The highest BCUT2D eigenvalue weighted by atomic mass is 35.5. The summed E-state index contributed by atoms with van der Waals surface area (Å²) in [5.41, 5.74) is 0. The Morgan fingerprint density at radius 1 is 1.29 bits per heavy atom. The first-order valence-corrected chi connectivity index (χ1v) is 9.10. The molecule has 0 bridgehead atoms. The molecular weight excluding hydrogens is 358 g/mol. The number of amides is 1. The Labute approximate surface area is 146 Å². The lowest BCUT2D eigenvalue weighted by Gasteiger charge is -2.16. The van der Waals surface area contributed by atoms with E-state index in [1.807, 2.05) is 0 Å². The maximum atomic E-state index is 12.0. The van der Waals surface area contributed by atoms with Gasteiger partial charge in [-0.2, -0.15) is 0 Å². The van der Waals surface area contributed by atoms with Crippen molar-refractivity contribution in [2.45, 2.75) is 17.7 Å². The largest absolute Gasteiger partial charge is 0.493 e. The Morgan fingerprint density at radius 2 is 1.92 bits per heavy atom. The molecule has 24 heavy (non-hydrogen) atoms. The van der Waals surface area contributed by atoms with E-state index in [-0.39, 0.29) is 42.8 Å². The summed E-state index contributed by atoms with van der Waals surface area (Å²) in [5, 5.41) is 8.91. The minimum Gasteiger partial charge on any atom is -0.493 e. The molecule has 1 fully saturated rings. The first-order valence-electron chi connectivity index (χ1n) is 7.21. The van der Waals surface area contributed by atoms with E-state index < -0.39 is 21.7 Å². The summed E-state index contributed by atoms with van der Waals surface area (Å²) in [6.07, 6.45) is 1.76. The van der Waals surface area contributed by atoms with Gasteiger partial charge in [-0.15, -0.1) is 12.4 Å². The first kappa shape index (κ1) is 20.2. The van der Waals surface area contributed by atoms with Crippen molar-refractivity contribution in [2.24, 2.45) is 5.92 Å². The van der Waals surface area contributed by atoms with Crippen LogP contribution in [0.15, 0.2) is 29.2 Å². The molecule has 1 N–H and O–H groups in total. The van der Waals surface area contributed by atoms with E-state index in [1.54, 1.807) is 0 Å². The van der Waals surface area contributed by atoms with Crippen LogP contribution in [0.4, 0.5) is 0 Å². The Kier molecular flexibility index (Phi) is 7.04. The van der Waals surface area contributed by atoms with Crippen LogP contribution in [-0.4, -0.2) is 56.3 Å². The van der Waals surface area contributed by atoms with Crippen molar-refractivity contribution in [3.05, 3.63) is 24.3 Å². The molecule has 1 aromatic carbocycles. The van der Waals surface area contributed by atoms with Crippen LogP contribution in [0, 0.1) is 5.92 Å². The molecule has 1 heterocycles. The Hall–Kier alpha value is -1.80. The van der Waals surface area contributed by atoms with Crippen LogP contribution in [0.5, 0.6) is 5.75 Å². The number of hydrogen-bond donors (Lipinski definition) is 1. The van der Waals surface area contributed by atoms with E-state index in [0.717, 1.165) is 6.26 Å². The maximum absolute atomic E-state index is 12.0. The molecule has 1 amide bonds. The van der Waals surface area contributed by atoms with E-state index >= 15 is 0 Å². The van der Waals surface area contributed by atoms with Crippen LogP contribution < -0.4 is 4.74 Å². The second-order valence-corrected chi connectivity index (χ2v) is 7.52. The molecule has 9 heteroatoms. The predicted molar refractivity (Wildman–Crippen MR) is 89.2 cm³/mol. The number of carboxylic acid groups (broad SMARTS) is 1. The zero-order valence-corrected chi connectivity index (χ0v) is 14.8. The van der Waals surface area contributed by atoms with Crippen molar-refractivity contribution in [3.63, 3.8) is 0 Å². The molecule has 1 saturated heterocycles. The van der Waals surface area contributed by atoms with Crippen LogP contribution in [-0.2, 0) is 19.4 Å². The zero-order chi connectivity index (χ0) is 17.0. The normalized spacial score (nSPS) is 17.2. The van der Waals surface area contributed by atoms with Crippen LogP contribution in [0.25, 0.3) is 0 Å². The molecule has 0 aliphatic carbocycles. The van der Waals surface area contributed by atoms with Gasteiger partial charge in [0.15, 0.2) is 9.84 Å². The summed E-state index contributed by atoms with van der Waals surface area (Å²) in [7, 11) is -3.24. The number of benzene rings is 1. The third-order valence-electron chi connectivity index (χ3n) is 3.73. The van der Waals surface area contributed by atoms with Gasteiger partial charge in [-0.05, 0) is 30.7 Å². The van der Waals surface area contributed by atoms with E-state index in [0.29, 0.717) is 18.7 Å². The lowest BCUT2D eigenvalue weighted by Crippen LogP contribution is -2.30. The Bertz CT molecular complexity index is 688. The van der Waals surface area contributed by atoms with Gasteiger partial charge in [-0.3, -0.25) is 9.59 Å². The highest BCUT2D eigenvalue weighted by molar-refractivity contribution is 7.90. The number of carbonyl (C=O) groups excluding carboxylic acids is 1. The molecule has 1 aliphatic heterocycles. The topological polar surface area (TPSA) is 101 Å². The third-order valence-corrected chi connectivity index (χ3v) is 4.86. The SMILES string of the molecule is CS(=O)(=O)c1ccc(OCCC(=O)N2CCC(C(=O)O)C2)cc1.Cl. The van der Waals surface area contributed by atoms with Gasteiger partial charge in [0.1, 0.15) is 5.75 Å². The summed E-state index contributed by atoms with van der Waals surface area (Å²) in [6, 6.07) is 5.98. The molecule has 0 saturated carbocycles. The molecule has 0 aromatic heterocycles. The summed E-state index contributed by atoms with van der Waals surface area (Å²) in [5.74, 6) is -1.01. The molecule has 7 nitrogen and oxygen atoms in total. The van der Waals surface area contributed by atoms with Gasteiger partial charge in [-0.1, -0.05) is 0 Å². The van der Waals surface area contributed by atoms with Crippen LogP contribution in [0.1, 0.15) is 12.8 Å². The number of nitrogens with zero attached hydrogens (tertiary/aromatic N) is 1. The molecule has 1 aromatic rings. The highest BCUT2D eigenvalue weighted by Crippen LogP contribution is 2.18. The van der Waals surface area contributed by atoms with Gasteiger partial charge in [0.2, 0.25) is 5.91 Å². The second-order valence-electron chi connectivity index (χ2n) is 5.51. The fraction of sp³-hybridized carbons (Fsp3) is 0.467. The van der Waals surface area contributed by atoms with Crippen LogP contribution >= 0.6 is 12.4 Å². The predicted octanol–water partition coefficient (Wildman–Crippen LogP) is 1.21. The van der Waals surface area contributed by atoms with Gasteiger partial charge in [-0.25, -0.2) is 8.42 Å². The van der Waals surface area contributed by atoms with Crippen molar-refractivity contribution in [1.29, 1.82) is 0 Å². The molecule has 2 rings (SSSR count). The van der Waals surface area contributed by atoms with E-state index in [9.17, 15) is 18.0 Å². The summed E-state index contributed by atoms with van der Waals surface area (Å²) in [6.45, 7) is 0.862. The van der Waals surface area contributed by atoms with E-state index in [1.165, 1.54) is 29.2 Å². The lowest BCUT2D eigenvalue weighted by molar-refractivity contribution is -0.141. The van der Waals surface area contributed by atoms with Crippen molar-refractivity contribution in [1.82, 2.24) is 4.90 Å². The average Bonchev–Trinajstić information content (AvgIpc) is 2.97. The minimum absolute atomic E-state index is 0. The van der Waals surface area contributed by atoms with Crippen LogP contribution in [0.3, 0.4) is 0 Å². The number of sulfone groups is 1. The van der Waals surface area contributed by atoms with E-state index in [4.69, 9.17) is 9.84 Å². The Morgan fingerprint density at radius 3 is 2.42 bits per heavy atom. The van der Waals surface area contributed by atoms with Crippen molar-refractivity contribution < 1.29 is 27.9 Å². The van der Waals surface area contributed by atoms with Crippen LogP contribution in [0.2, 0.25) is 0 Å². The highest BCUT2D eigenvalue weighted by Gasteiger charge is 2.30. The van der Waals surface area contributed by atoms with Crippen molar-refractivity contribution in [2.75, 3.05) is 26.0 Å². The number of rotatable bonds is 6. The molecule has 1 atom stereocenters. The smallest absolute Gasteiger partial charge is 0.308 e. The number of carboxylic acids is 1. The zero-order valence-electron chi connectivity index (χ0n) is 13.2. The third kappa shape index (κ3) is 5.38. The minimum atomic E-state index is -3.24. The average molecular weight is 378 g/mol. The van der Waals surface area contributed by atoms with Gasteiger partial charge in [0, 0.05) is 19.3 Å². The monoisotopic (exact) mass is 377 g/mol. The first-order chi connectivity index (χ1) is 10.8. The van der Waals surface area contributed by atoms with Gasteiger partial charge in [0.05, 0.1) is 23.8 Å². The lowest BCUT2D eigenvalue weighted by atomic mass is 10.1. The molecule has 134 valence electrons. The number of ether oxygens (including phenoxy) is 1. The fourth-order valence-electron chi connectivity index (χ4n) is 2.39. The molecule has 0 spiro atoms. The maximum Gasteiger partial charge on any atom is 0.308 e. The molecule has 1 aliphatic rings. The van der Waals surface area contributed by atoms with Gasteiger partial charge < -0.3 is 14.7 Å². The number of carbonyl (C=O) groups is 2. The van der Waals surface area contributed by atoms with Gasteiger partial charge >= 0.3 is 5.97 Å². The summed E-state index contributed by atoms with van der Waals surface area (Å²) < 4.78 is 28.1. The summed E-state index contributed by atoms with van der Waals surface area (Å²) in [4.78, 5) is 24.6. The second kappa shape index (κ2) is 8.34. The number of likely N-dealkylation sites (tertiary alicyclic amines) is 1. The quantitative estimate of drug-likeness (QED) is 0.799. The van der Waals surface area contributed by atoms with Crippen molar-refractivity contribution in [3.8, 4) is 5.75 Å². The molecule has 0 radical (unpaired) electrons. The van der Waals surface area contributed by atoms with E-state index in [2.05, 4.69) is 0 Å². The number of hydrogen-bond acceptors (Lipinski definition) is 5. The number of halogens is 1. The molecular formula is C15H20ClNO6S. The standard InChI is InChI=1S/C15H19NO6S.ClH/c1-23(20,21)13-4-2-12(3-5-13)22-9-7-14(17)16-8-6-11(10-16)15(18)19;/h2-5,11H,6-10H2,1H3,(H,18,19);1H. The Balaban J connectivity index is 0.00000288. The molecule has 1 unspecified atom stereocenters. The van der Waals surface area contributed by atoms with Gasteiger partial charge in [0.25, 0.3) is 0 Å². The number of aliphatic carboxylic acids is 1.